The quantitative estimate of drug-likeness (QED) is 0.796. The molecule has 2 aromatic carbocycles. The van der Waals surface area contributed by atoms with Crippen molar-refractivity contribution >= 4 is 29.3 Å². The first-order valence-corrected chi connectivity index (χ1v) is 10.6. The van der Waals surface area contributed by atoms with E-state index in [-0.39, 0.29) is 25.0 Å². The summed E-state index contributed by atoms with van der Waals surface area (Å²) in [6, 6.07) is 13.0. The summed E-state index contributed by atoms with van der Waals surface area (Å²) in [7, 11) is 0. The second kappa shape index (κ2) is 8.53. The lowest BCUT2D eigenvalue weighted by Gasteiger charge is -2.33. The average Bonchev–Trinajstić information content (AvgIpc) is 2.74. The summed E-state index contributed by atoms with van der Waals surface area (Å²) >= 11 is 0. The van der Waals surface area contributed by atoms with Gasteiger partial charge in [0, 0.05) is 18.8 Å². The van der Waals surface area contributed by atoms with Gasteiger partial charge in [-0.1, -0.05) is 24.3 Å². The van der Waals surface area contributed by atoms with Gasteiger partial charge in [0.2, 0.25) is 5.91 Å². The summed E-state index contributed by atoms with van der Waals surface area (Å²) in [5, 5.41) is 2.66. The summed E-state index contributed by atoms with van der Waals surface area (Å²) in [6.07, 6.45) is 0.189. The number of nitrogens with zero attached hydrogens (tertiary/aromatic N) is 2. The first kappa shape index (κ1) is 21.7. The molecular weight excluding hydrogens is 410 g/mol. The highest BCUT2D eigenvalue weighted by Crippen LogP contribution is 2.35. The maximum atomic E-state index is 13.1. The molecule has 0 unspecified atom stereocenters. The van der Waals surface area contributed by atoms with Gasteiger partial charge in [0.15, 0.2) is 6.61 Å². The van der Waals surface area contributed by atoms with Crippen molar-refractivity contribution in [3.05, 3.63) is 53.6 Å². The van der Waals surface area contributed by atoms with Crippen molar-refractivity contribution in [3.63, 3.8) is 0 Å². The molecule has 168 valence electrons. The van der Waals surface area contributed by atoms with E-state index >= 15 is 0 Å². The van der Waals surface area contributed by atoms with E-state index in [9.17, 15) is 14.4 Å². The smallest absolute Gasteiger partial charge is 0.412 e. The van der Waals surface area contributed by atoms with Gasteiger partial charge < -0.3 is 14.4 Å². The summed E-state index contributed by atoms with van der Waals surface area (Å²) in [4.78, 5) is 41.0. The third-order valence-corrected chi connectivity index (χ3v) is 5.32. The Bertz CT molecular complexity index is 1060. The normalized spacial score (nSPS) is 15.4. The van der Waals surface area contributed by atoms with E-state index in [1.165, 1.54) is 10.5 Å². The van der Waals surface area contributed by atoms with Gasteiger partial charge in [0.05, 0.1) is 5.69 Å². The average molecular weight is 437 g/mol. The second-order valence-electron chi connectivity index (χ2n) is 8.91. The fourth-order valence-electron chi connectivity index (χ4n) is 3.82. The third-order valence-electron chi connectivity index (χ3n) is 5.32. The number of carbonyl (C=O) groups is 3. The van der Waals surface area contributed by atoms with Crippen molar-refractivity contribution in [1.82, 2.24) is 4.90 Å². The number of benzene rings is 2. The Morgan fingerprint density at radius 2 is 1.88 bits per heavy atom. The minimum atomic E-state index is -0.636. The van der Waals surface area contributed by atoms with Crippen LogP contribution in [0.5, 0.6) is 5.75 Å². The Hall–Kier alpha value is -3.55. The largest absolute Gasteiger partial charge is 0.482 e. The minimum Gasteiger partial charge on any atom is -0.482 e. The third kappa shape index (κ3) is 4.85. The first-order chi connectivity index (χ1) is 15.2. The summed E-state index contributed by atoms with van der Waals surface area (Å²) in [6.45, 7) is 6.24. The standard InChI is InChI=1S/C24H27N3O5/c1-24(2,3)32-23(30)25-18-8-9-20-19(12-18)27(22(29)15-31-20)14-21(28)26-11-10-16-6-4-5-7-17(16)13-26/h4-9,12H,10-11,13-15H2,1-3H3,(H,25,30). The molecule has 2 aliphatic rings. The number of fused-ring (bicyclic) bond motifs is 2. The Balaban J connectivity index is 1.50. The minimum absolute atomic E-state index is 0.0900. The van der Waals surface area contributed by atoms with Crippen molar-refractivity contribution in [2.24, 2.45) is 0 Å². The number of ether oxygens (including phenoxy) is 2. The van der Waals surface area contributed by atoms with E-state index in [2.05, 4.69) is 11.4 Å². The number of carbonyl (C=O) groups excluding carboxylic acids is 3. The van der Waals surface area contributed by atoms with Gasteiger partial charge in [-0.05, 0) is 56.5 Å². The molecule has 2 aromatic rings. The summed E-state index contributed by atoms with van der Waals surface area (Å²) < 4.78 is 10.8. The van der Waals surface area contributed by atoms with Crippen LogP contribution in [0.25, 0.3) is 0 Å². The maximum Gasteiger partial charge on any atom is 0.412 e. The molecule has 8 nitrogen and oxygen atoms in total. The van der Waals surface area contributed by atoms with Crippen LogP contribution in [0, 0.1) is 0 Å². The van der Waals surface area contributed by atoms with Crippen LogP contribution >= 0.6 is 0 Å². The van der Waals surface area contributed by atoms with Crippen LogP contribution in [0.1, 0.15) is 31.9 Å². The number of anilines is 2. The number of nitrogens with one attached hydrogen (secondary N) is 1. The molecule has 0 fully saturated rings. The van der Waals surface area contributed by atoms with Crippen LogP contribution in [-0.4, -0.2) is 48.1 Å². The van der Waals surface area contributed by atoms with E-state index in [0.717, 1.165) is 12.0 Å². The van der Waals surface area contributed by atoms with Crippen LogP contribution in [0.3, 0.4) is 0 Å². The Labute approximate surface area is 187 Å². The molecule has 4 rings (SSSR count). The number of rotatable bonds is 3. The van der Waals surface area contributed by atoms with Gasteiger partial charge >= 0.3 is 6.09 Å². The molecule has 0 aromatic heterocycles. The SMILES string of the molecule is CC(C)(C)OC(=O)Nc1ccc2c(c1)N(CC(=O)N1CCc3ccccc3C1)C(=O)CO2. The molecule has 0 spiro atoms. The molecule has 0 radical (unpaired) electrons. The fraction of sp³-hybridized carbons (Fsp3) is 0.375. The molecule has 2 aliphatic heterocycles. The highest BCUT2D eigenvalue weighted by molar-refractivity contribution is 6.03. The molecule has 1 N–H and O–H groups in total. The van der Waals surface area contributed by atoms with Crippen LogP contribution in [0.15, 0.2) is 42.5 Å². The molecular formula is C24H27N3O5. The lowest BCUT2D eigenvalue weighted by atomic mass is 10.00. The maximum absolute atomic E-state index is 13.1. The van der Waals surface area contributed by atoms with Crippen molar-refractivity contribution in [2.75, 3.05) is 29.9 Å². The molecule has 0 saturated carbocycles. The zero-order valence-corrected chi connectivity index (χ0v) is 18.5. The summed E-state index contributed by atoms with van der Waals surface area (Å²) in [5.41, 5.74) is 2.64. The van der Waals surface area contributed by atoms with E-state index in [4.69, 9.17) is 9.47 Å². The zero-order chi connectivity index (χ0) is 22.9. The lowest BCUT2D eigenvalue weighted by Crippen LogP contribution is -2.47. The van der Waals surface area contributed by atoms with Gasteiger partial charge in [-0.15, -0.1) is 0 Å². The van der Waals surface area contributed by atoms with Crippen molar-refractivity contribution in [3.8, 4) is 5.75 Å². The first-order valence-electron chi connectivity index (χ1n) is 10.6. The molecule has 0 aliphatic carbocycles. The van der Waals surface area contributed by atoms with Crippen LogP contribution < -0.4 is 15.0 Å². The molecule has 0 saturated heterocycles. The van der Waals surface area contributed by atoms with Crippen LogP contribution in [0.2, 0.25) is 0 Å². The predicted octanol–water partition coefficient (Wildman–Crippen LogP) is 3.34. The Kier molecular flexibility index (Phi) is 5.78. The molecule has 0 bridgehead atoms. The van der Waals surface area contributed by atoms with E-state index in [1.54, 1.807) is 43.9 Å². The molecule has 8 heteroatoms. The zero-order valence-electron chi connectivity index (χ0n) is 18.5. The van der Waals surface area contributed by atoms with Crippen molar-refractivity contribution in [2.45, 2.75) is 39.3 Å². The van der Waals surface area contributed by atoms with Crippen LogP contribution in [-0.2, 0) is 27.3 Å². The van der Waals surface area contributed by atoms with Crippen molar-refractivity contribution < 1.29 is 23.9 Å². The van der Waals surface area contributed by atoms with Gasteiger partial charge in [-0.2, -0.15) is 0 Å². The molecule has 0 atom stereocenters. The number of hydrogen-bond acceptors (Lipinski definition) is 5. The van der Waals surface area contributed by atoms with Gasteiger partial charge in [-0.25, -0.2) is 4.79 Å². The monoisotopic (exact) mass is 437 g/mol. The topological polar surface area (TPSA) is 88.2 Å². The van der Waals surface area contributed by atoms with Gasteiger partial charge in [0.1, 0.15) is 17.9 Å². The second-order valence-corrected chi connectivity index (χ2v) is 8.91. The number of hydrogen-bond donors (Lipinski definition) is 1. The van der Waals surface area contributed by atoms with Gasteiger partial charge in [-0.3, -0.25) is 19.8 Å². The van der Waals surface area contributed by atoms with E-state index in [1.807, 2.05) is 18.2 Å². The highest BCUT2D eigenvalue weighted by atomic mass is 16.6. The van der Waals surface area contributed by atoms with Crippen molar-refractivity contribution in [1.29, 1.82) is 0 Å². The lowest BCUT2D eigenvalue weighted by molar-refractivity contribution is -0.132. The number of amides is 3. The van der Waals surface area contributed by atoms with E-state index in [0.29, 0.717) is 30.2 Å². The van der Waals surface area contributed by atoms with E-state index < -0.39 is 11.7 Å². The predicted molar refractivity (Wildman–Crippen MR) is 120 cm³/mol. The highest BCUT2D eigenvalue weighted by Gasteiger charge is 2.30. The van der Waals surface area contributed by atoms with Gasteiger partial charge in [0.25, 0.3) is 5.91 Å². The van der Waals surface area contributed by atoms with Crippen LogP contribution in [0.4, 0.5) is 16.2 Å². The fourth-order valence-corrected chi connectivity index (χ4v) is 3.82. The summed E-state index contributed by atoms with van der Waals surface area (Å²) in [5.74, 6) is 0.0417. The Morgan fingerprint density at radius 3 is 2.62 bits per heavy atom. The molecule has 2 heterocycles. The molecule has 32 heavy (non-hydrogen) atoms. The molecule has 3 amide bonds. The Morgan fingerprint density at radius 1 is 1.12 bits per heavy atom.